The zero-order valence-corrected chi connectivity index (χ0v) is 13.9. The van der Waals surface area contributed by atoms with Crippen LogP contribution in [0.2, 0.25) is 0 Å². The van der Waals surface area contributed by atoms with Gasteiger partial charge in [0.1, 0.15) is 5.60 Å². The maximum absolute atomic E-state index is 12.7. The van der Waals surface area contributed by atoms with E-state index < -0.39 is 5.60 Å². The molecule has 0 saturated heterocycles. The molecule has 0 radical (unpaired) electrons. The second-order valence-electron chi connectivity index (χ2n) is 8.80. The fourth-order valence-electron chi connectivity index (χ4n) is 5.85. The van der Waals surface area contributed by atoms with E-state index in [0.29, 0.717) is 30.1 Å². The van der Waals surface area contributed by atoms with E-state index in [0.717, 1.165) is 25.7 Å². The maximum atomic E-state index is 12.7. The Balaban J connectivity index is 1.76. The van der Waals surface area contributed by atoms with Gasteiger partial charge in [0.15, 0.2) is 0 Å². The van der Waals surface area contributed by atoms with Crippen molar-refractivity contribution in [3.05, 3.63) is 0 Å². The zero-order chi connectivity index (χ0) is 15.4. The van der Waals surface area contributed by atoms with Crippen LogP contribution in [-0.4, -0.2) is 22.3 Å². The Bertz CT molecular complexity index is 404. The molecule has 2 unspecified atom stereocenters. The predicted molar refractivity (Wildman–Crippen MR) is 81.6 cm³/mol. The summed E-state index contributed by atoms with van der Waals surface area (Å²) in [5.74, 6) is 1.64. The van der Waals surface area contributed by atoms with E-state index in [2.05, 4.69) is 27.7 Å². The standard InChI is InChI=1S/C18H30O3/c1-11(2)15(12(3)4)16(19)21-18-8-13-5-14(9-18)7-17(20,6-13)10-18/h11-15,20H,5-10H2,1-4H3. The fourth-order valence-corrected chi connectivity index (χ4v) is 5.85. The number of ether oxygens (including phenoxy) is 1. The Kier molecular flexibility index (Phi) is 3.63. The van der Waals surface area contributed by atoms with E-state index in [-0.39, 0.29) is 17.5 Å². The number of esters is 1. The van der Waals surface area contributed by atoms with Gasteiger partial charge in [-0.1, -0.05) is 27.7 Å². The van der Waals surface area contributed by atoms with Crippen LogP contribution in [0.3, 0.4) is 0 Å². The van der Waals surface area contributed by atoms with Crippen molar-refractivity contribution in [1.29, 1.82) is 0 Å². The Hall–Kier alpha value is -0.570. The van der Waals surface area contributed by atoms with Gasteiger partial charge in [-0.15, -0.1) is 0 Å². The van der Waals surface area contributed by atoms with Gasteiger partial charge in [0.25, 0.3) is 0 Å². The molecule has 4 aliphatic rings. The molecule has 3 nitrogen and oxygen atoms in total. The zero-order valence-electron chi connectivity index (χ0n) is 13.9. The molecule has 0 aliphatic heterocycles. The Labute approximate surface area is 128 Å². The first-order valence-corrected chi connectivity index (χ1v) is 8.67. The lowest BCUT2D eigenvalue weighted by atomic mass is 9.52. The third-order valence-electron chi connectivity index (χ3n) is 6.00. The van der Waals surface area contributed by atoms with Crippen LogP contribution >= 0.6 is 0 Å². The molecule has 4 saturated carbocycles. The van der Waals surface area contributed by atoms with Gasteiger partial charge in [0.05, 0.1) is 11.5 Å². The van der Waals surface area contributed by atoms with Crippen LogP contribution in [0.15, 0.2) is 0 Å². The molecule has 4 rings (SSSR count). The molecule has 0 aromatic carbocycles. The van der Waals surface area contributed by atoms with Crippen LogP contribution in [-0.2, 0) is 9.53 Å². The molecule has 1 N–H and O–H groups in total. The minimum Gasteiger partial charge on any atom is -0.459 e. The number of carbonyl (C=O) groups excluding carboxylic acids is 1. The molecule has 3 heteroatoms. The molecule has 0 aromatic heterocycles. The number of aliphatic hydroxyl groups is 1. The summed E-state index contributed by atoms with van der Waals surface area (Å²) in [5.41, 5.74) is -0.923. The Morgan fingerprint density at radius 2 is 1.57 bits per heavy atom. The van der Waals surface area contributed by atoms with Gasteiger partial charge in [-0.3, -0.25) is 4.79 Å². The summed E-state index contributed by atoms with van der Waals surface area (Å²) in [6, 6.07) is 0. The van der Waals surface area contributed by atoms with Crippen LogP contribution in [0.4, 0.5) is 0 Å². The second-order valence-corrected chi connectivity index (χ2v) is 8.80. The number of hydrogen-bond acceptors (Lipinski definition) is 3. The number of rotatable bonds is 4. The average Bonchev–Trinajstić information content (AvgIpc) is 2.21. The molecule has 0 heterocycles. The van der Waals surface area contributed by atoms with Gasteiger partial charge in [0, 0.05) is 6.42 Å². The fraction of sp³-hybridized carbons (Fsp3) is 0.944. The molecular weight excluding hydrogens is 264 g/mol. The average molecular weight is 294 g/mol. The molecule has 21 heavy (non-hydrogen) atoms. The molecule has 0 spiro atoms. The van der Waals surface area contributed by atoms with Crippen LogP contribution in [0.5, 0.6) is 0 Å². The van der Waals surface area contributed by atoms with E-state index in [4.69, 9.17) is 4.74 Å². The number of carbonyl (C=O) groups is 1. The van der Waals surface area contributed by atoms with E-state index in [1.165, 1.54) is 6.42 Å². The summed E-state index contributed by atoms with van der Waals surface area (Å²) >= 11 is 0. The topological polar surface area (TPSA) is 46.5 Å². The third kappa shape index (κ3) is 2.74. The van der Waals surface area contributed by atoms with Crippen molar-refractivity contribution in [2.24, 2.45) is 29.6 Å². The monoisotopic (exact) mass is 294 g/mol. The predicted octanol–water partition coefficient (Wildman–Crippen LogP) is 3.54. The SMILES string of the molecule is CC(C)C(C(=O)OC12CC3CC(CC(O)(C3)C1)C2)C(C)C. The summed E-state index contributed by atoms with van der Waals surface area (Å²) in [6.07, 6.45) is 5.67. The van der Waals surface area contributed by atoms with Crippen molar-refractivity contribution in [3.63, 3.8) is 0 Å². The summed E-state index contributed by atoms with van der Waals surface area (Å²) in [4.78, 5) is 12.7. The molecule has 0 aromatic rings. The summed E-state index contributed by atoms with van der Waals surface area (Å²) in [7, 11) is 0. The summed E-state index contributed by atoms with van der Waals surface area (Å²) in [5, 5.41) is 10.7. The highest BCUT2D eigenvalue weighted by Crippen LogP contribution is 2.59. The first-order chi connectivity index (χ1) is 9.72. The lowest BCUT2D eigenvalue weighted by molar-refractivity contribution is -0.224. The van der Waals surface area contributed by atoms with Gasteiger partial charge in [-0.05, 0) is 55.8 Å². The van der Waals surface area contributed by atoms with Crippen molar-refractivity contribution in [2.45, 2.75) is 77.4 Å². The molecule has 120 valence electrons. The minimum atomic E-state index is -0.560. The normalized spacial score (nSPS) is 41.3. The Morgan fingerprint density at radius 3 is 2.00 bits per heavy atom. The van der Waals surface area contributed by atoms with Crippen molar-refractivity contribution in [2.75, 3.05) is 0 Å². The lowest BCUT2D eigenvalue weighted by Crippen LogP contribution is -2.60. The lowest BCUT2D eigenvalue weighted by Gasteiger charge is -2.59. The largest absolute Gasteiger partial charge is 0.459 e. The van der Waals surface area contributed by atoms with Crippen LogP contribution < -0.4 is 0 Å². The first kappa shape index (κ1) is 15.3. The van der Waals surface area contributed by atoms with Gasteiger partial charge in [-0.2, -0.15) is 0 Å². The molecule has 4 bridgehead atoms. The molecule has 2 atom stereocenters. The summed E-state index contributed by atoms with van der Waals surface area (Å²) < 4.78 is 6.10. The quantitative estimate of drug-likeness (QED) is 0.807. The molecular formula is C18H30O3. The number of hydrogen-bond donors (Lipinski definition) is 1. The Morgan fingerprint density at radius 1 is 1.05 bits per heavy atom. The van der Waals surface area contributed by atoms with Gasteiger partial charge < -0.3 is 9.84 Å². The van der Waals surface area contributed by atoms with Gasteiger partial charge in [0.2, 0.25) is 0 Å². The van der Waals surface area contributed by atoms with Crippen LogP contribution in [0.25, 0.3) is 0 Å². The molecule has 0 amide bonds. The van der Waals surface area contributed by atoms with E-state index in [1.807, 2.05) is 0 Å². The smallest absolute Gasteiger partial charge is 0.310 e. The van der Waals surface area contributed by atoms with Crippen LogP contribution in [0.1, 0.15) is 66.2 Å². The molecule has 4 aliphatic carbocycles. The molecule has 4 fully saturated rings. The third-order valence-corrected chi connectivity index (χ3v) is 6.00. The van der Waals surface area contributed by atoms with Crippen molar-refractivity contribution in [1.82, 2.24) is 0 Å². The highest BCUT2D eigenvalue weighted by atomic mass is 16.6. The highest BCUT2D eigenvalue weighted by molar-refractivity contribution is 5.73. The van der Waals surface area contributed by atoms with Crippen LogP contribution in [0, 0.1) is 29.6 Å². The van der Waals surface area contributed by atoms with E-state index >= 15 is 0 Å². The van der Waals surface area contributed by atoms with Crippen molar-refractivity contribution in [3.8, 4) is 0 Å². The minimum absolute atomic E-state index is 0.0346. The van der Waals surface area contributed by atoms with Gasteiger partial charge in [-0.25, -0.2) is 0 Å². The van der Waals surface area contributed by atoms with E-state index in [9.17, 15) is 9.90 Å². The van der Waals surface area contributed by atoms with Crippen molar-refractivity contribution >= 4 is 5.97 Å². The van der Waals surface area contributed by atoms with Gasteiger partial charge >= 0.3 is 5.97 Å². The van der Waals surface area contributed by atoms with Crippen molar-refractivity contribution < 1.29 is 14.6 Å². The highest BCUT2D eigenvalue weighted by Gasteiger charge is 2.59. The second kappa shape index (κ2) is 4.97. The first-order valence-electron chi connectivity index (χ1n) is 8.67. The maximum Gasteiger partial charge on any atom is 0.310 e. The summed E-state index contributed by atoms with van der Waals surface area (Å²) in [6.45, 7) is 8.39. The van der Waals surface area contributed by atoms with E-state index in [1.54, 1.807) is 0 Å².